The number of hydrogen-bond acceptors (Lipinski definition) is 7. The van der Waals surface area contributed by atoms with Gasteiger partial charge in [-0.15, -0.1) is 0 Å². The van der Waals surface area contributed by atoms with Crippen molar-refractivity contribution >= 4 is 33.4 Å². The van der Waals surface area contributed by atoms with Crippen molar-refractivity contribution in [3.63, 3.8) is 0 Å². The molecule has 0 aliphatic carbocycles. The number of imidazole rings is 1. The zero-order valence-corrected chi connectivity index (χ0v) is 22.9. The zero-order chi connectivity index (χ0) is 28.6. The Hall–Kier alpha value is -5.09. The maximum atomic E-state index is 14.1. The zero-order valence-electron chi connectivity index (χ0n) is 22.9. The van der Waals surface area contributed by atoms with E-state index in [1.54, 1.807) is 12.3 Å². The Bertz CT molecular complexity index is 1910. The Kier molecular flexibility index (Phi) is 6.59. The maximum Gasteiger partial charge on any atom is 0.178 e. The standard InChI is InChI=1S/C32H30FN9/c1-18(10-19-4-7-35-8-5-19)38-25-13-22(16-36-17-25)20-2-3-28-27(14-20)30(42-41-28)32-39-29-26(6-9-37-31(29)40-32)21-11-23(33)15-24(34)12-21/h2-3,6,9,11-17,19,35,38H,1,4-5,7-8,10,34H2,(H,41,42)(H,37,39,40). The number of nitrogens with two attached hydrogens (primary N) is 1. The van der Waals surface area contributed by atoms with Crippen LogP contribution in [0.15, 0.2) is 79.4 Å². The van der Waals surface area contributed by atoms with Crippen molar-refractivity contribution in [1.82, 2.24) is 35.5 Å². The number of piperidine rings is 1. The number of pyridine rings is 2. The van der Waals surface area contributed by atoms with Crippen LogP contribution in [0, 0.1) is 11.7 Å². The summed E-state index contributed by atoms with van der Waals surface area (Å²) in [6, 6.07) is 14.5. The summed E-state index contributed by atoms with van der Waals surface area (Å²) < 4.78 is 14.1. The van der Waals surface area contributed by atoms with Gasteiger partial charge in [-0.3, -0.25) is 10.1 Å². The topological polar surface area (TPSA) is 133 Å². The molecule has 0 bridgehead atoms. The molecule has 1 aliphatic heterocycles. The minimum absolute atomic E-state index is 0.348. The van der Waals surface area contributed by atoms with Crippen LogP contribution in [-0.4, -0.2) is 43.2 Å². The molecule has 7 rings (SSSR count). The van der Waals surface area contributed by atoms with Gasteiger partial charge in [0.15, 0.2) is 11.5 Å². The second-order valence-corrected chi connectivity index (χ2v) is 10.8. The number of anilines is 2. The highest BCUT2D eigenvalue weighted by Gasteiger charge is 2.18. The summed E-state index contributed by atoms with van der Waals surface area (Å²) in [7, 11) is 0. The highest BCUT2D eigenvalue weighted by molar-refractivity contribution is 5.97. The number of allylic oxidation sites excluding steroid dienone is 1. The van der Waals surface area contributed by atoms with E-state index in [0.29, 0.717) is 39.9 Å². The second-order valence-electron chi connectivity index (χ2n) is 10.8. The number of nitrogens with one attached hydrogen (secondary N) is 4. The van der Waals surface area contributed by atoms with Crippen molar-refractivity contribution in [2.24, 2.45) is 5.92 Å². The average Bonchev–Trinajstić information content (AvgIpc) is 3.61. The molecule has 0 amide bonds. The van der Waals surface area contributed by atoms with Crippen LogP contribution in [0.5, 0.6) is 0 Å². The molecule has 0 saturated carbocycles. The van der Waals surface area contributed by atoms with Crippen LogP contribution in [-0.2, 0) is 0 Å². The summed E-state index contributed by atoms with van der Waals surface area (Å²) in [5, 5.41) is 15.4. The molecule has 0 radical (unpaired) electrons. The molecule has 6 N–H and O–H groups in total. The van der Waals surface area contributed by atoms with Gasteiger partial charge in [-0.1, -0.05) is 12.6 Å². The molecule has 0 atom stereocenters. The average molecular weight is 560 g/mol. The maximum absolute atomic E-state index is 14.1. The highest BCUT2D eigenvalue weighted by Crippen LogP contribution is 2.34. The molecular weight excluding hydrogens is 529 g/mol. The molecule has 9 nitrogen and oxygen atoms in total. The van der Waals surface area contributed by atoms with Crippen molar-refractivity contribution in [2.45, 2.75) is 19.3 Å². The monoisotopic (exact) mass is 559 g/mol. The number of nitrogen functional groups attached to an aromatic ring is 1. The van der Waals surface area contributed by atoms with Gasteiger partial charge in [0.1, 0.15) is 11.5 Å². The molecular formula is C32H30FN9. The molecule has 0 spiro atoms. The molecule has 1 fully saturated rings. The van der Waals surface area contributed by atoms with Crippen LogP contribution in [0.4, 0.5) is 15.8 Å². The first kappa shape index (κ1) is 25.8. The molecule has 5 heterocycles. The normalized spacial score (nSPS) is 14.0. The fourth-order valence-electron chi connectivity index (χ4n) is 5.76. The first-order valence-corrected chi connectivity index (χ1v) is 14.0. The molecule has 4 aromatic heterocycles. The Morgan fingerprint density at radius 3 is 2.76 bits per heavy atom. The molecule has 6 aromatic rings. The number of nitrogens with zero attached hydrogens (tertiary/aromatic N) is 4. The summed E-state index contributed by atoms with van der Waals surface area (Å²) in [5.41, 5.74) is 14.3. The van der Waals surface area contributed by atoms with Crippen LogP contribution in [0.1, 0.15) is 19.3 Å². The summed E-state index contributed by atoms with van der Waals surface area (Å²) in [4.78, 5) is 17.0. The quantitative estimate of drug-likeness (QED) is 0.146. The first-order valence-electron chi connectivity index (χ1n) is 14.0. The lowest BCUT2D eigenvalue weighted by Crippen LogP contribution is -2.28. The summed E-state index contributed by atoms with van der Waals surface area (Å²) in [6.07, 6.45) is 8.63. The van der Waals surface area contributed by atoms with E-state index < -0.39 is 5.82 Å². The van der Waals surface area contributed by atoms with Gasteiger partial charge >= 0.3 is 0 Å². The number of hydrogen-bond donors (Lipinski definition) is 5. The lowest BCUT2D eigenvalue weighted by molar-refractivity contribution is 0.373. The van der Waals surface area contributed by atoms with Crippen LogP contribution in [0.3, 0.4) is 0 Å². The molecule has 1 saturated heterocycles. The lowest BCUT2D eigenvalue weighted by Gasteiger charge is -2.23. The predicted molar refractivity (Wildman–Crippen MR) is 165 cm³/mol. The van der Waals surface area contributed by atoms with E-state index >= 15 is 0 Å². The fourth-order valence-corrected chi connectivity index (χ4v) is 5.76. The highest BCUT2D eigenvalue weighted by atomic mass is 19.1. The third-order valence-electron chi connectivity index (χ3n) is 7.80. The van der Waals surface area contributed by atoms with Gasteiger partial charge < -0.3 is 21.4 Å². The Balaban J connectivity index is 1.20. The second kappa shape index (κ2) is 10.7. The van der Waals surface area contributed by atoms with Gasteiger partial charge in [0.2, 0.25) is 0 Å². The summed E-state index contributed by atoms with van der Waals surface area (Å²) >= 11 is 0. The van der Waals surface area contributed by atoms with Crippen LogP contribution >= 0.6 is 0 Å². The molecule has 42 heavy (non-hydrogen) atoms. The Morgan fingerprint density at radius 2 is 1.90 bits per heavy atom. The van der Waals surface area contributed by atoms with E-state index in [1.165, 1.54) is 25.0 Å². The first-order chi connectivity index (χ1) is 20.5. The van der Waals surface area contributed by atoms with E-state index in [-0.39, 0.29) is 0 Å². The molecule has 10 heteroatoms. The lowest BCUT2D eigenvalue weighted by atomic mass is 9.93. The van der Waals surface area contributed by atoms with Gasteiger partial charge in [-0.2, -0.15) is 5.10 Å². The van der Waals surface area contributed by atoms with Crippen molar-refractivity contribution in [3.8, 4) is 33.8 Å². The number of benzene rings is 2. The fraction of sp³-hybridized carbons (Fsp3) is 0.188. The van der Waals surface area contributed by atoms with Gasteiger partial charge in [0, 0.05) is 40.3 Å². The summed E-state index contributed by atoms with van der Waals surface area (Å²) in [5.74, 6) is 0.807. The number of halogens is 1. The molecule has 210 valence electrons. The smallest absolute Gasteiger partial charge is 0.178 e. The van der Waals surface area contributed by atoms with Gasteiger partial charge in [0.25, 0.3) is 0 Å². The van der Waals surface area contributed by atoms with E-state index in [4.69, 9.17) is 10.7 Å². The minimum atomic E-state index is -0.402. The van der Waals surface area contributed by atoms with Gasteiger partial charge in [-0.05, 0) is 91.9 Å². The SMILES string of the molecule is C=C(CC1CCNCC1)Nc1cncc(-c2ccc3[nH]nc(-c4nc5nccc(-c6cc(N)cc(F)c6)c5[nH]4)c3c2)c1. The van der Waals surface area contributed by atoms with Crippen molar-refractivity contribution in [3.05, 3.63) is 85.2 Å². The molecule has 0 unspecified atom stereocenters. The number of aromatic nitrogens is 6. The number of rotatable bonds is 7. The number of aromatic amines is 2. The Labute approximate surface area is 241 Å². The summed E-state index contributed by atoms with van der Waals surface area (Å²) in [6.45, 7) is 6.41. The van der Waals surface area contributed by atoms with E-state index in [0.717, 1.165) is 58.5 Å². The third kappa shape index (κ3) is 5.08. The molecule has 1 aliphatic rings. The minimum Gasteiger partial charge on any atom is -0.399 e. The van der Waals surface area contributed by atoms with Gasteiger partial charge in [-0.25, -0.2) is 14.4 Å². The number of H-pyrrole nitrogens is 2. The third-order valence-corrected chi connectivity index (χ3v) is 7.80. The van der Waals surface area contributed by atoms with Crippen molar-refractivity contribution < 1.29 is 4.39 Å². The van der Waals surface area contributed by atoms with E-state index in [1.807, 2.05) is 30.6 Å². The van der Waals surface area contributed by atoms with Crippen LogP contribution in [0.25, 0.3) is 55.8 Å². The Morgan fingerprint density at radius 1 is 1.02 bits per heavy atom. The van der Waals surface area contributed by atoms with Crippen molar-refractivity contribution in [2.75, 3.05) is 24.1 Å². The largest absolute Gasteiger partial charge is 0.399 e. The van der Waals surface area contributed by atoms with E-state index in [2.05, 4.69) is 54.5 Å². The molecule has 2 aromatic carbocycles. The van der Waals surface area contributed by atoms with Crippen molar-refractivity contribution in [1.29, 1.82) is 0 Å². The van der Waals surface area contributed by atoms with E-state index in [9.17, 15) is 4.39 Å². The van der Waals surface area contributed by atoms with Gasteiger partial charge in [0.05, 0.1) is 22.9 Å². The number of fused-ring (bicyclic) bond motifs is 2. The predicted octanol–water partition coefficient (Wildman–Crippen LogP) is 6.27. The van der Waals surface area contributed by atoms with Crippen LogP contribution < -0.4 is 16.4 Å². The van der Waals surface area contributed by atoms with Crippen LogP contribution in [0.2, 0.25) is 0 Å².